The van der Waals surface area contributed by atoms with Crippen molar-refractivity contribution < 1.29 is 14.3 Å². The van der Waals surface area contributed by atoms with E-state index in [9.17, 15) is 4.79 Å². The summed E-state index contributed by atoms with van der Waals surface area (Å²) in [5, 5.41) is 5.03. The topological polar surface area (TPSA) is 78.3 Å². The smallest absolute Gasteiger partial charge is 0.220 e. The number of aryl methyl sites for hydroxylation is 1. The Morgan fingerprint density at radius 3 is 2.84 bits per heavy atom. The van der Waals surface area contributed by atoms with E-state index in [1.165, 1.54) is 4.88 Å². The van der Waals surface area contributed by atoms with Crippen molar-refractivity contribution >= 4 is 28.4 Å². The Balaban J connectivity index is 1.44. The fourth-order valence-corrected chi connectivity index (χ4v) is 4.14. The van der Waals surface area contributed by atoms with Crippen molar-refractivity contribution in [2.24, 2.45) is 0 Å². The van der Waals surface area contributed by atoms with Crippen LogP contribution in [0.5, 0.6) is 11.5 Å². The standard InChI is InChI=1S/C23H24N4O3S/c1-29-17-7-8-20(30-2)16(13-17)14-25-22(28)10-9-21-26-19-6-3-11-24-23(19)27(21)15-18-5-4-12-31-18/h3-8,11-13H,9-10,14-15H2,1-2H3,(H,25,28). The molecule has 0 saturated heterocycles. The maximum Gasteiger partial charge on any atom is 0.220 e. The third kappa shape index (κ3) is 4.86. The summed E-state index contributed by atoms with van der Waals surface area (Å²) in [6.07, 6.45) is 2.63. The van der Waals surface area contributed by atoms with Gasteiger partial charge in [0.05, 0.1) is 20.8 Å². The summed E-state index contributed by atoms with van der Waals surface area (Å²) in [7, 11) is 3.22. The molecule has 4 aromatic rings. The molecule has 3 heterocycles. The van der Waals surface area contributed by atoms with Crippen LogP contribution in [0, 0.1) is 0 Å². The Morgan fingerprint density at radius 1 is 1.16 bits per heavy atom. The van der Waals surface area contributed by atoms with Crippen LogP contribution in [0.3, 0.4) is 0 Å². The fourth-order valence-electron chi connectivity index (χ4n) is 3.45. The summed E-state index contributed by atoms with van der Waals surface area (Å²) < 4.78 is 12.7. The van der Waals surface area contributed by atoms with E-state index in [4.69, 9.17) is 14.5 Å². The van der Waals surface area contributed by atoms with Crippen LogP contribution in [-0.4, -0.2) is 34.7 Å². The molecule has 0 bridgehead atoms. The first-order chi connectivity index (χ1) is 15.2. The quantitative estimate of drug-likeness (QED) is 0.432. The van der Waals surface area contributed by atoms with E-state index in [-0.39, 0.29) is 5.91 Å². The minimum Gasteiger partial charge on any atom is -0.497 e. The third-order valence-corrected chi connectivity index (χ3v) is 5.88. The van der Waals surface area contributed by atoms with Gasteiger partial charge in [-0.2, -0.15) is 0 Å². The van der Waals surface area contributed by atoms with Gasteiger partial charge in [-0.1, -0.05) is 6.07 Å². The summed E-state index contributed by atoms with van der Waals surface area (Å²) in [5.74, 6) is 2.24. The summed E-state index contributed by atoms with van der Waals surface area (Å²) in [6, 6.07) is 13.5. The van der Waals surface area contributed by atoms with Crippen molar-refractivity contribution in [3.8, 4) is 11.5 Å². The predicted octanol–water partition coefficient (Wildman–Crippen LogP) is 3.81. The summed E-state index contributed by atoms with van der Waals surface area (Å²) >= 11 is 1.70. The lowest BCUT2D eigenvalue weighted by Crippen LogP contribution is -2.23. The first-order valence-electron chi connectivity index (χ1n) is 9.98. The number of ether oxygens (including phenoxy) is 2. The summed E-state index contributed by atoms with van der Waals surface area (Å²) in [5.41, 5.74) is 2.55. The average molecular weight is 437 g/mol. The molecule has 3 aromatic heterocycles. The number of amides is 1. The zero-order chi connectivity index (χ0) is 21.6. The van der Waals surface area contributed by atoms with Gasteiger partial charge in [-0.3, -0.25) is 4.79 Å². The van der Waals surface area contributed by atoms with Crippen molar-refractivity contribution in [1.29, 1.82) is 0 Å². The molecular formula is C23H24N4O3S. The maximum absolute atomic E-state index is 12.6. The molecule has 7 nitrogen and oxygen atoms in total. The van der Waals surface area contributed by atoms with Gasteiger partial charge in [0.2, 0.25) is 5.91 Å². The van der Waals surface area contributed by atoms with Crippen molar-refractivity contribution in [3.05, 3.63) is 70.3 Å². The Bertz CT molecular complexity index is 1170. The van der Waals surface area contributed by atoms with Gasteiger partial charge in [-0.25, -0.2) is 9.97 Å². The molecule has 0 aliphatic heterocycles. The fraction of sp³-hybridized carbons (Fsp3) is 0.261. The summed E-state index contributed by atoms with van der Waals surface area (Å²) in [4.78, 5) is 23.0. The van der Waals surface area contributed by atoms with Crippen molar-refractivity contribution in [1.82, 2.24) is 19.9 Å². The second kappa shape index (κ2) is 9.61. The molecule has 4 rings (SSSR count). The SMILES string of the molecule is COc1ccc(OC)c(CNC(=O)CCc2nc3cccnc3n2Cc2cccs2)c1. The van der Waals surface area contributed by atoms with Crippen LogP contribution in [0.4, 0.5) is 0 Å². The van der Waals surface area contributed by atoms with E-state index < -0.39 is 0 Å². The van der Waals surface area contributed by atoms with Crippen LogP contribution >= 0.6 is 11.3 Å². The van der Waals surface area contributed by atoms with Crippen LogP contribution in [0.15, 0.2) is 54.0 Å². The Hall–Kier alpha value is -3.39. The lowest BCUT2D eigenvalue weighted by Gasteiger charge is -2.12. The number of carbonyl (C=O) groups excluding carboxylic acids is 1. The number of pyridine rings is 1. The number of benzene rings is 1. The predicted molar refractivity (Wildman–Crippen MR) is 121 cm³/mol. The van der Waals surface area contributed by atoms with Gasteiger partial charge in [-0.05, 0) is 41.8 Å². The molecule has 0 spiro atoms. The molecular weight excluding hydrogens is 412 g/mol. The van der Waals surface area contributed by atoms with Gasteiger partial charge in [0.1, 0.15) is 22.8 Å². The number of imidazole rings is 1. The number of nitrogens with one attached hydrogen (secondary N) is 1. The number of hydrogen-bond donors (Lipinski definition) is 1. The van der Waals surface area contributed by atoms with E-state index in [1.807, 2.05) is 36.4 Å². The lowest BCUT2D eigenvalue weighted by molar-refractivity contribution is -0.121. The zero-order valence-corrected chi connectivity index (χ0v) is 18.3. The maximum atomic E-state index is 12.6. The number of methoxy groups -OCH3 is 2. The highest BCUT2D eigenvalue weighted by atomic mass is 32.1. The molecule has 8 heteroatoms. The molecule has 1 amide bonds. The average Bonchev–Trinajstić information content (AvgIpc) is 3.44. The molecule has 1 aromatic carbocycles. The third-order valence-electron chi connectivity index (χ3n) is 5.02. The number of fused-ring (bicyclic) bond motifs is 1. The van der Waals surface area contributed by atoms with E-state index in [0.717, 1.165) is 28.3 Å². The van der Waals surface area contributed by atoms with E-state index in [0.29, 0.717) is 31.7 Å². The van der Waals surface area contributed by atoms with Gasteiger partial charge in [0, 0.05) is 36.0 Å². The molecule has 0 atom stereocenters. The Kier molecular flexibility index (Phi) is 6.47. The molecule has 0 aliphatic rings. The number of carbonyl (C=O) groups is 1. The highest BCUT2D eigenvalue weighted by Crippen LogP contribution is 2.24. The van der Waals surface area contributed by atoms with Crippen LogP contribution in [0.2, 0.25) is 0 Å². The van der Waals surface area contributed by atoms with Crippen LogP contribution in [0.25, 0.3) is 11.2 Å². The van der Waals surface area contributed by atoms with Crippen LogP contribution < -0.4 is 14.8 Å². The minimum absolute atomic E-state index is 0.0486. The minimum atomic E-state index is -0.0486. The molecule has 31 heavy (non-hydrogen) atoms. The van der Waals surface area contributed by atoms with Gasteiger partial charge in [0.25, 0.3) is 0 Å². The first kappa shape index (κ1) is 20.9. The van der Waals surface area contributed by atoms with Crippen molar-refractivity contribution in [3.63, 3.8) is 0 Å². The van der Waals surface area contributed by atoms with Crippen molar-refractivity contribution in [2.45, 2.75) is 25.9 Å². The molecule has 0 fully saturated rings. The number of hydrogen-bond acceptors (Lipinski definition) is 6. The second-order valence-electron chi connectivity index (χ2n) is 6.99. The number of nitrogens with zero attached hydrogens (tertiary/aromatic N) is 3. The molecule has 0 unspecified atom stereocenters. The monoisotopic (exact) mass is 436 g/mol. The largest absolute Gasteiger partial charge is 0.497 e. The van der Waals surface area contributed by atoms with Gasteiger partial charge in [0.15, 0.2) is 5.65 Å². The lowest BCUT2D eigenvalue weighted by atomic mass is 10.2. The van der Waals surface area contributed by atoms with E-state index in [1.54, 1.807) is 31.8 Å². The van der Waals surface area contributed by atoms with Gasteiger partial charge >= 0.3 is 0 Å². The second-order valence-corrected chi connectivity index (χ2v) is 8.03. The number of thiophene rings is 1. The molecule has 1 N–H and O–H groups in total. The Labute approximate surface area is 184 Å². The van der Waals surface area contributed by atoms with Crippen LogP contribution in [-0.2, 0) is 24.3 Å². The van der Waals surface area contributed by atoms with Crippen LogP contribution in [0.1, 0.15) is 22.7 Å². The van der Waals surface area contributed by atoms with E-state index >= 15 is 0 Å². The molecule has 0 saturated carbocycles. The highest BCUT2D eigenvalue weighted by Gasteiger charge is 2.14. The number of rotatable bonds is 9. The first-order valence-corrected chi connectivity index (χ1v) is 10.9. The normalized spacial score (nSPS) is 10.9. The Morgan fingerprint density at radius 2 is 2.06 bits per heavy atom. The molecule has 0 aliphatic carbocycles. The van der Waals surface area contributed by atoms with Gasteiger partial charge < -0.3 is 19.4 Å². The highest BCUT2D eigenvalue weighted by molar-refractivity contribution is 7.09. The zero-order valence-electron chi connectivity index (χ0n) is 17.5. The molecule has 0 radical (unpaired) electrons. The summed E-state index contributed by atoms with van der Waals surface area (Å²) in [6.45, 7) is 1.06. The van der Waals surface area contributed by atoms with E-state index in [2.05, 4.69) is 26.3 Å². The molecule has 160 valence electrons. The van der Waals surface area contributed by atoms with Crippen molar-refractivity contribution in [2.75, 3.05) is 14.2 Å². The number of aromatic nitrogens is 3. The van der Waals surface area contributed by atoms with Gasteiger partial charge in [-0.15, -0.1) is 11.3 Å².